The van der Waals surface area contributed by atoms with Crippen LogP contribution < -0.4 is 30.7 Å². The van der Waals surface area contributed by atoms with E-state index in [1.165, 1.54) is 25.0 Å². The first kappa shape index (κ1) is 101. The molecule has 2 heterocycles. The third-order valence-electron chi connectivity index (χ3n) is 5.75. The van der Waals surface area contributed by atoms with Crippen molar-refractivity contribution >= 4 is 23.4 Å². The van der Waals surface area contributed by atoms with Gasteiger partial charge in [0.25, 0.3) is 0 Å². The summed E-state index contributed by atoms with van der Waals surface area (Å²) in [5, 5.41) is 10.1. The van der Waals surface area contributed by atoms with Gasteiger partial charge in [-0.25, -0.2) is 24.5 Å². The van der Waals surface area contributed by atoms with Gasteiger partial charge in [0.2, 0.25) is 5.88 Å². The number of benzene rings is 2. The quantitative estimate of drug-likeness (QED) is 0.141. The summed E-state index contributed by atoms with van der Waals surface area (Å²) in [6.07, 6.45) is 4.50. The molecule has 4 amide bonds. The minimum absolute atomic E-state index is 0. The van der Waals surface area contributed by atoms with Crippen molar-refractivity contribution in [3.63, 3.8) is 0 Å². The molecule has 4 N–H and O–H groups in total. The van der Waals surface area contributed by atoms with Crippen molar-refractivity contribution in [2.24, 2.45) is 0 Å². The zero-order valence-electron chi connectivity index (χ0n) is 46.5. The molecule has 2 aromatic heterocycles. The highest BCUT2D eigenvalue weighted by atomic mass is 16.5. The number of aryl methyl sites for hydroxylation is 2. The molecule has 0 saturated heterocycles. The minimum atomic E-state index is -0.323. The average Bonchev–Trinajstić information content (AvgIpc) is 3.44. The molecule has 11 nitrogen and oxygen atoms in total. The second-order valence-corrected chi connectivity index (χ2v) is 9.88. The van der Waals surface area contributed by atoms with E-state index < -0.39 is 0 Å². The number of anilines is 2. The predicted molar refractivity (Wildman–Crippen MR) is 342 cm³/mol. The van der Waals surface area contributed by atoms with Gasteiger partial charge in [-0.2, -0.15) is 0 Å². The van der Waals surface area contributed by atoms with E-state index in [4.69, 9.17) is 9.47 Å². The van der Waals surface area contributed by atoms with Crippen molar-refractivity contribution in [1.29, 1.82) is 0 Å². The zero-order chi connectivity index (χ0) is 55.2. The first-order valence-electron chi connectivity index (χ1n) is 23.8. The van der Waals surface area contributed by atoms with Crippen molar-refractivity contribution < 1.29 is 19.1 Å². The van der Waals surface area contributed by atoms with E-state index in [0.717, 1.165) is 11.3 Å². The molecule has 2 aromatic carbocycles. The van der Waals surface area contributed by atoms with Gasteiger partial charge >= 0.3 is 18.1 Å². The smallest absolute Gasteiger partial charge is 0.322 e. The van der Waals surface area contributed by atoms with Gasteiger partial charge in [-0.05, 0) is 129 Å². The summed E-state index contributed by atoms with van der Waals surface area (Å²) in [4.78, 5) is 34.3. The number of aromatic nitrogens is 3. The number of hydrogen-bond donors (Lipinski definition) is 4. The van der Waals surface area contributed by atoms with E-state index in [9.17, 15) is 9.59 Å². The van der Waals surface area contributed by atoms with Crippen LogP contribution in [0.3, 0.4) is 0 Å². The van der Waals surface area contributed by atoms with Crippen LogP contribution in [-0.4, -0.2) is 41.1 Å². The summed E-state index contributed by atoms with van der Waals surface area (Å²) in [6.45, 7) is 39.4. The standard InChI is InChI=1S/C16H6.C14H15N3O2.C13H14N4O2.8C2H6.6CH4/c1-3-5-7-9-11-13-15-16-14-12-10-8-6-4-2;1-10-3-6-12(7-4-10)19-13-8-5-11(9-16-13)17-14(18)15-2;1-9-3-5-11(6-4-9)19-13-15-7-10(8-16-13)17-12(18)14-2;8*1-2;;;;;;/h1-2H3;3-9H,1-2H3,(H2,15,17,18);3-8H,1-2H3,(H2,14,17,18);8*1-2H3;6*1H4. The predicted octanol–water partition coefficient (Wildman–Crippen LogP) is 18.3. The lowest BCUT2D eigenvalue weighted by atomic mass is 10.2. The molecule has 4 rings (SSSR count). The fourth-order valence-electron chi connectivity index (χ4n) is 3.21. The number of nitrogens with zero attached hydrogens (tertiary/aromatic N) is 3. The Kier molecular flexibility index (Phi) is 115. The van der Waals surface area contributed by atoms with E-state index in [1.807, 2.05) is 173 Å². The number of ether oxygens (including phenoxy) is 2. The van der Waals surface area contributed by atoms with Crippen LogP contribution in [0.15, 0.2) is 79.3 Å². The van der Waals surface area contributed by atoms with Crippen LogP contribution >= 0.6 is 0 Å². The van der Waals surface area contributed by atoms with E-state index in [-0.39, 0.29) is 62.6 Å². The maximum Gasteiger partial charge on any atom is 0.322 e. The van der Waals surface area contributed by atoms with Crippen molar-refractivity contribution in [3.8, 4) is 106 Å². The molecule has 0 radical (unpaired) electrons. The Balaban J connectivity index is -0.0000000607. The first-order valence-corrected chi connectivity index (χ1v) is 23.8. The lowest BCUT2D eigenvalue weighted by molar-refractivity contribution is 0.253. The monoisotopic (exact) mass is 1050 g/mol. The summed E-state index contributed by atoms with van der Waals surface area (Å²) in [6, 6.07) is 18.3. The molecule has 4 aromatic rings. The molecule has 0 saturated carbocycles. The molecule has 0 unspecified atom stereocenters. The molecule has 0 bridgehead atoms. The molecule has 76 heavy (non-hydrogen) atoms. The second kappa shape index (κ2) is 86.5. The average molecular weight is 1050 g/mol. The Hall–Kier alpha value is -8.27. The number of urea groups is 2. The highest BCUT2D eigenvalue weighted by Crippen LogP contribution is 2.21. The number of hydrogen-bond acceptors (Lipinski definition) is 7. The van der Waals surface area contributed by atoms with Crippen molar-refractivity contribution in [2.75, 3.05) is 24.7 Å². The van der Waals surface area contributed by atoms with Gasteiger partial charge in [0, 0.05) is 20.2 Å². The highest BCUT2D eigenvalue weighted by molar-refractivity contribution is 5.89. The topological polar surface area (TPSA) is 139 Å². The molecular weight excluding hydrogens is 943 g/mol. The third-order valence-corrected chi connectivity index (χ3v) is 5.75. The van der Waals surface area contributed by atoms with Crippen LogP contribution in [0.4, 0.5) is 21.0 Å². The van der Waals surface area contributed by atoms with Gasteiger partial charge in [-0.1, -0.05) is 203 Å². The normalized spacial score (nSPS) is 6.34. The molecule has 0 aliphatic heterocycles. The molecule has 0 spiro atoms. The fourth-order valence-corrected chi connectivity index (χ4v) is 3.21. The molecule has 0 fully saturated rings. The van der Waals surface area contributed by atoms with Crippen molar-refractivity contribution in [2.45, 2.75) is 183 Å². The summed E-state index contributed by atoms with van der Waals surface area (Å²) >= 11 is 0. The highest BCUT2D eigenvalue weighted by Gasteiger charge is 2.04. The number of nitrogens with one attached hydrogen (secondary N) is 4. The van der Waals surface area contributed by atoms with Gasteiger partial charge in [0.05, 0.1) is 30.0 Å². The number of pyridine rings is 1. The van der Waals surface area contributed by atoms with Crippen LogP contribution in [0, 0.1) is 96.7 Å². The number of carbonyl (C=O) groups excluding carboxylic acids is 2. The Bertz CT molecular complexity index is 2130. The van der Waals surface area contributed by atoms with Crippen molar-refractivity contribution in [3.05, 3.63) is 90.4 Å². The Morgan fingerprint density at radius 3 is 0.934 bits per heavy atom. The summed E-state index contributed by atoms with van der Waals surface area (Å²) in [5.41, 5.74) is 3.43. The molecule has 0 atom stereocenters. The fraction of sp³-hybridized carbons (Fsp3) is 0.431. The maximum atomic E-state index is 11.1. The number of amides is 4. The van der Waals surface area contributed by atoms with E-state index in [0.29, 0.717) is 23.0 Å². The summed E-state index contributed by atoms with van der Waals surface area (Å²) in [5.74, 6) is 37.4. The van der Waals surface area contributed by atoms with Crippen LogP contribution in [0.25, 0.3) is 0 Å². The van der Waals surface area contributed by atoms with E-state index >= 15 is 0 Å². The Morgan fingerprint density at radius 1 is 0.382 bits per heavy atom. The van der Waals surface area contributed by atoms with E-state index in [2.05, 4.69) is 119 Å². The van der Waals surface area contributed by atoms with Gasteiger partial charge < -0.3 is 30.7 Å². The lowest BCUT2D eigenvalue weighted by Crippen LogP contribution is -2.24. The summed E-state index contributed by atoms with van der Waals surface area (Å²) in [7, 11) is 3.09. The lowest BCUT2D eigenvalue weighted by Gasteiger charge is -2.07. The van der Waals surface area contributed by atoms with Gasteiger partial charge in [-0.3, -0.25) is 0 Å². The first-order chi connectivity index (χ1) is 34.3. The second-order valence-electron chi connectivity index (χ2n) is 9.88. The number of rotatable bonds is 6. The summed E-state index contributed by atoms with van der Waals surface area (Å²) < 4.78 is 11.0. The van der Waals surface area contributed by atoms with Crippen LogP contribution in [0.5, 0.6) is 23.4 Å². The number of carbonyl (C=O) groups is 2. The van der Waals surface area contributed by atoms with Crippen LogP contribution in [0.2, 0.25) is 0 Å². The Morgan fingerprint density at radius 2 is 0.658 bits per heavy atom. The van der Waals surface area contributed by atoms with E-state index in [1.54, 1.807) is 39.2 Å². The van der Waals surface area contributed by atoms with Crippen molar-refractivity contribution in [1.82, 2.24) is 25.6 Å². The molecule has 11 heteroatoms. The molecule has 0 aliphatic carbocycles. The molecule has 0 aliphatic rings. The third kappa shape index (κ3) is 65.7. The largest absolute Gasteiger partial charge is 0.439 e. The van der Waals surface area contributed by atoms with Gasteiger partial charge in [0.15, 0.2) is 0 Å². The molecular formula is C65H107N7O4. The SMILES string of the molecule is C.C.C.C.C.C.CC.CC.CC.CC.CC.CC.CC.CC.CC#CC#CC#CC#CC#CC#CC#CC.CNC(=O)Nc1ccc(Oc2ccc(C)cc2)nc1.CNC(=O)Nc1cnc(Oc2ccc(C)cc2)nc1. The maximum absolute atomic E-state index is 11.1. The Labute approximate surface area is 470 Å². The molecule has 426 valence electrons. The zero-order valence-corrected chi connectivity index (χ0v) is 46.5. The van der Waals surface area contributed by atoms with Gasteiger partial charge in [-0.15, -0.1) is 0 Å². The van der Waals surface area contributed by atoms with Crippen LogP contribution in [0.1, 0.15) is 180 Å². The van der Waals surface area contributed by atoms with Crippen LogP contribution in [-0.2, 0) is 0 Å². The van der Waals surface area contributed by atoms with Gasteiger partial charge in [0.1, 0.15) is 11.5 Å². The minimum Gasteiger partial charge on any atom is -0.439 e.